The third-order valence-corrected chi connectivity index (χ3v) is 6.25. The zero-order valence-corrected chi connectivity index (χ0v) is 18.2. The number of hydrazine groups is 1. The van der Waals surface area contributed by atoms with Gasteiger partial charge in [-0.25, -0.2) is 19.4 Å². The molecule has 5 aliphatic rings. The standard InChI is InChI=1S/C21H25N3O8/c1-11-13-14-15-16(31-21(2,3)30-15)18(23(19(26)28-4)22(13)17(11)25)32-24(14)20(27)29-10-12-8-6-5-7-9-12/h5-9,11,13-16,18H,10H2,1-4H3. The number of fused-ring (bicyclic) bond motifs is 1. The molecule has 5 aliphatic heterocycles. The van der Waals surface area contributed by atoms with Crippen LogP contribution < -0.4 is 0 Å². The van der Waals surface area contributed by atoms with Crippen molar-refractivity contribution in [2.75, 3.05) is 7.11 Å². The van der Waals surface area contributed by atoms with Gasteiger partial charge in [-0.2, -0.15) is 10.1 Å². The van der Waals surface area contributed by atoms with Crippen molar-refractivity contribution in [2.24, 2.45) is 5.92 Å². The van der Waals surface area contributed by atoms with Crippen LogP contribution in [0.2, 0.25) is 0 Å². The molecule has 5 saturated heterocycles. The summed E-state index contributed by atoms with van der Waals surface area (Å²) in [5, 5.41) is 3.46. The summed E-state index contributed by atoms with van der Waals surface area (Å²) in [5.41, 5.74) is 0.810. The highest BCUT2D eigenvalue weighted by atomic mass is 16.8. The summed E-state index contributed by atoms with van der Waals surface area (Å²) in [7, 11) is 1.21. The van der Waals surface area contributed by atoms with Gasteiger partial charge in [-0.1, -0.05) is 37.3 Å². The number of carbonyl (C=O) groups is 3. The number of β-lactam (4-membered cyclic amide) rings is 1. The van der Waals surface area contributed by atoms with Crippen molar-refractivity contribution in [2.45, 2.75) is 63.7 Å². The molecule has 0 aromatic heterocycles. The molecule has 6 rings (SSSR count). The minimum atomic E-state index is -1.16. The summed E-state index contributed by atoms with van der Waals surface area (Å²) >= 11 is 0. The van der Waals surface area contributed by atoms with E-state index in [0.717, 1.165) is 15.6 Å². The Hall–Kier alpha value is -2.89. The van der Waals surface area contributed by atoms with E-state index < -0.39 is 54.4 Å². The molecule has 0 saturated carbocycles. The second kappa shape index (κ2) is 7.32. The molecule has 6 unspecified atom stereocenters. The van der Waals surface area contributed by atoms with Gasteiger partial charge in [0, 0.05) is 0 Å². The second-order valence-corrected chi connectivity index (χ2v) is 8.69. The van der Waals surface area contributed by atoms with Gasteiger partial charge in [-0.3, -0.25) is 4.79 Å². The predicted molar refractivity (Wildman–Crippen MR) is 105 cm³/mol. The van der Waals surface area contributed by atoms with Gasteiger partial charge in [0.25, 0.3) is 0 Å². The van der Waals surface area contributed by atoms with E-state index in [4.69, 9.17) is 23.8 Å². The van der Waals surface area contributed by atoms with Crippen LogP contribution in [0.1, 0.15) is 26.3 Å². The van der Waals surface area contributed by atoms with Crippen LogP contribution in [-0.2, 0) is 35.2 Å². The lowest BCUT2D eigenvalue weighted by atomic mass is 9.82. The van der Waals surface area contributed by atoms with Crippen LogP contribution >= 0.6 is 0 Å². The van der Waals surface area contributed by atoms with Gasteiger partial charge in [0.15, 0.2) is 5.79 Å². The highest BCUT2D eigenvalue weighted by Crippen LogP contribution is 2.49. The zero-order chi connectivity index (χ0) is 22.8. The molecule has 0 spiro atoms. The van der Waals surface area contributed by atoms with Gasteiger partial charge in [-0.05, 0) is 19.4 Å². The molecule has 11 heteroatoms. The lowest BCUT2D eigenvalue weighted by Crippen LogP contribution is -2.72. The zero-order valence-electron chi connectivity index (χ0n) is 18.2. The second-order valence-electron chi connectivity index (χ2n) is 8.69. The number of amides is 3. The fourth-order valence-corrected chi connectivity index (χ4v) is 4.88. The van der Waals surface area contributed by atoms with Crippen molar-refractivity contribution in [1.29, 1.82) is 0 Å². The van der Waals surface area contributed by atoms with Gasteiger partial charge in [0.1, 0.15) is 24.9 Å². The molecular formula is C21H25N3O8. The van der Waals surface area contributed by atoms with E-state index in [2.05, 4.69) is 0 Å². The maximum absolute atomic E-state index is 13.1. The van der Waals surface area contributed by atoms with Crippen molar-refractivity contribution >= 4 is 18.1 Å². The minimum absolute atomic E-state index is 0.0391. The molecule has 32 heavy (non-hydrogen) atoms. The lowest BCUT2D eigenvalue weighted by molar-refractivity contribution is -0.289. The van der Waals surface area contributed by atoms with Crippen molar-refractivity contribution in [1.82, 2.24) is 15.1 Å². The predicted octanol–water partition coefficient (Wildman–Crippen LogP) is 1.63. The third-order valence-electron chi connectivity index (χ3n) is 6.25. The van der Waals surface area contributed by atoms with E-state index in [9.17, 15) is 14.4 Å². The molecule has 1 aromatic carbocycles. The SMILES string of the molecule is COC(=O)N1C2ON(C(=O)OCc3ccccc3)C(C3OC(C)(C)OC32)C2C(C)C(=O)N21. The summed E-state index contributed by atoms with van der Waals surface area (Å²) in [6.07, 6.45) is -4.08. The van der Waals surface area contributed by atoms with Crippen LogP contribution in [0.4, 0.5) is 9.59 Å². The first-order chi connectivity index (χ1) is 15.2. The van der Waals surface area contributed by atoms with Crippen LogP contribution in [0.25, 0.3) is 0 Å². The largest absolute Gasteiger partial charge is 0.451 e. The molecule has 5 fully saturated rings. The quantitative estimate of drug-likeness (QED) is 0.630. The maximum atomic E-state index is 13.1. The molecule has 0 radical (unpaired) electrons. The molecule has 11 nitrogen and oxygen atoms in total. The van der Waals surface area contributed by atoms with Gasteiger partial charge >= 0.3 is 12.2 Å². The van der Waals surface area contributed by atoms with Crippen molar-refractivity contribution < 1.29 is 38.2 Å². The fourth-order valence-electron chi connectivity index (χ4n) is 4.88. The highest BCUT2D eigenvalue weighted by Gasteiger charge is 2.70. The topological polar surface area (TPSA) is 107 Å². The van der Waals surface area contributed by atoms with Gasteiger partial charge < -0.3 is 18.9 Å². The van der Waals surface area contributed by atoms with Crippen molar-refractivity contribution in [3.8, 4) is 0 Å². The molecule has 3 amide bonds. The van der Waals surface area contributed by atoms with E-state index in [0.29, 0.717) is 0 Å². The number of rotatable bonds is 2. The fraction of sp³-hybridized carbons (Fsp3) is 0.571. The summed E-state index contributed by atoms with van der Waals surface area (Å²) in [5.74, 6) is -1.73. The summed E-state index contributed by atoms with van der Waals surface area (Å²) in [6, 6.07) is 7.90. The van der Waals surface area contributed by atoms with Gasteiger partial charge in [-0.15, -0.1) is 0 Å². The Morgan fingerprint density at radius 2 is 1.75 bits per heavy atom. The third kappa shape index (κ3) is 3.03. The Morgan fingerprint density at radius 1 is 1.06 bits per heavy atom. The molecule has 0 N–H and O–H groups in total. The van der Waals surface area contributed by atoms with Crippen LogP contribution in [-0.4, -0.2) is 76.6 Å². The number of hydrogen-bond donors (Lipinski definition) is 0. The van der Waals surface area contributed by atoms with Gasteiger partial charge in [0.05, 0.1) is 19.1 Å². The summed E-state index contributed by atoms with van der Waals surface area (Å²) in [4.78, 5) is 44.5. The Balaban J connectivity index is 1.50. The van der Waals surface area contributed by atoms with E-state index in [1.165, 1.54) is 12.1 Å². The Kier molecular flexibility index (Phi) is 4.80. The Morgan fingerprint density at radius 3 is 2.44 bits per heavy atom. The van der Waals surface area contributed by atoms with Crippen LogP contribution in [0.15, 0.2) is 30.3 Å². The number of carbonyl (C=O) groups excluding carboxylic acids is 3. The Labute approximate surface area is 184 Å². The highest BCUT2D eigenvalue weighted by molar-refractivity contribution is 5.88. The molecule has 5 heterocycles. The smallest absolute Gasteiger partial charge is 0.434 e. The van der Waals surface area contributed by atoms with E-state index in [1.54, 1.807) is 20.8 Å². The average molecular weight is 447 g/mol. The lowest BCUT2D eigenvalue weighted by Gasteiger charge is -2.50. The number of hydrogen-bond acceptors (Lipinski definition) is 8. The Bertz CT molecular complexity index is 940. The monoisotopic (exact) mass is 447 g/mol. The average Bonchev–Trinajstić information content (AvgIpc) is 3.00. The number of ether oxygens (including phenoxy) is 4. The first kappa shape index (κ1) is 21.0. The van der Waals surface area contributed by atoms with Crippen LogP contribution in [0, 0.1) is 5.92 Å². The summed E-state index contributed by atoms with van der Waals surface area (Å²) < 4.78 is 22.6. The molecular weight excluding hydrogens is 422 g/mol. The van der Waals surface area contributed by atoms with E-state index in [-0.39, 0.29) is 12.5 Å². The molecule has 172 valence electrons. The minimum Gasteiger partial charge on any atom is -0.451 e. The first-order valence-electron chi connectivity index (χ1n) is 10.5. The number of nitrogens with zero attached hydrogens (tertiary/aromatic N) is 3. The van der Waals surface area contributed by atoms with Crippen molar-refractivity contribution in [3.63, 3.8) is 0 Å². The summed E-state index contributed by atoms with van der Waals surface area (Å²) in [6.45, 7) is 5.27. The maximum Gasteiger partial charge on any atom is 0.434 e. The molecule has 6 atom stereocenters. The van der Waals surface area contributed by atoms with Gasteiger partial charge in [0.2, 0.25) is 12.1 Å². The molecule has 1 aromatic rings. The van der Waals surface area contributed by atoms with Crippen LogP contribution in [0.5, 0.6) is 0 Å². The van der Waals surface area contributed by atoms with Crippen LogP contribution in [0.3, 0.4) is 0 Å². The normalized spacial score (nSPS) is 34.4. The molecule has 0 aliphatic carbocycles. The number of benzene rings is 1. The van der Waals surface area contributed by atoms with E-state index >= 15 is 0 Å². The number of methoxy groups -OCH3 is 1. The van der Waals surface area contributed by atoms with E-state index in [1.807, 2.05) is 30.3 Å². The number of hydroxylamine groups is 2. The van der Waals surface area contributed by atoms with Crippen molar-refractivity contribution in [3.05, 3.63) is 35.9 Å². The first-order valence-corrected chi connectivity index (χ1v) is 10.5. The molecule has 2 bridgehead atoms.